The van der Waals surface area contributed by atoms with Gasteiger partial charge in [-0.15, -0.1) is 0 Å². The van der Waals surface area contributed by atoms with Crippen LogP contribution in [0.25, 0.3) is 0 Å². The topological polar surface area (TPSA) is 55.4 Å². The van der Waals surface area contributed by atoms with Gasteiger partial charge in [-0.3, -0.25) is 9.59 Å². The van der Waals surface area contributed by atoms with Crippen molar-refractivity contribution in [3.8, 4) is 5.75 Å². The van der Waals surface area contributed by atoms with E-state index >= 15 is 0 Å². The summed E-state index contributed by atoms with van der Waals surface area (Å²) in [5, 5.41) is 3.00. The highest BCUT2D eigenvalue weighted by atomic mass is 16.5. The number of aryl methyl sites for hydroxylation is 1. The van der Waals surface area contributed by atoms with Gasteiger partial charge in [0, 0.05) is 17.7 Å². The predicted molar refractivity (Wildman–Crippen MR) is 105 cm³/mol. The minimum absolute atomic E-state index is 0.0862. The Morgan fingerprint density at radius 3 is 2.27 bits per heavy atom. The molecule has 0 unspecified atom stereocenters. The fraction of sp³-hybridized carbons (Fsp3) is 0.364. The Balaban J connectivity index is 2.08. The van der Waals surface area contributed by atoms with E-state index in [4.69, 9.17) is 4.74 Å². The van der Waals surface area contributed by atoms with Crippen molar-refractivity contribution in [1.82, 2.24) is 0 Å². The Labute approximate surface area is 155 Å². The molecule has 0 radical (unpaired) electrons. The van der Waals surface area contributed by atoms with Gasteiger partial charge in [0.25, 0.3) is 5.91 Å². The van der Waals surface area contributed by atoms with Crippen molar-refractivity contribution in [2.45, 2.75) is 53.1 Å². The molecule has 4 nitrogen and oxygen atoms in total. The summed E-state index contributed by atoms with van der Waals surface area (Å²) in [5.41, 5.74) is 3.64. The lowest BCUT2D eigenvalue weighted by molar-refractivity contribution is -0.122. The van der Waals surface area contributed by atoms with Crippen molar-refractivity contribution in [3.05, 3.63) is 59.2 Å². The summed E-state index contributed by atoms with van der Waals surface area (Å²) in [6, 6.07) is 12.9. The zero-order valence-corrected chi connectivity index (χ0v) is 16.1. The standard InChI is InChI=1S/C22H27NO3/c1-6-20(24)17-10-12-18(13-11-17)26-16(5)22(25)23-21-15(4)8-7-9-19(21)14(2)3/h7-14,16H,6H2,1-5H3,(H,23,25)/t16-/m0/s1. The first-order valence-corrected chi connectivity index (χ1v) is 9.03. The smallest absolute Gasteiger partial charge is 0.265 e. The maximum Gasteiger partial charge on any atom is 0.265 e. The lowest BCUT2D eigenvalue weighted by atomic mass is 9.98. The third-order valence-electron chi connectivity index (χ3n) is 4.35. The molecule has 0 saturated heterocycles. The number of hydrogen-bond donors (Lipinski definition) is 1. The number of anilines is 1. The summed E-state index contributed by atoms with van der Waals surface area (Å²) in [6.07, 6.45) is -0.185. The van der Waals surface area contributed by atoms with Crippen LogP contribution < -0.4 is 10.1 Å². The summed E-state index contributed by atoms with van der Waals surface area (Å²) in [7, 11) is 0. The van der Waals surface area contributed by atoms with Crippen LogP contribution in [0.3, 0.4) is 0 Å². The lowest BCUT2D eigenvalue weighted by Gasteiger charge is -2.19. The molecular formula is C22H27NO3. The quantitative estimate of drug-likeness (QED) is 0.703. The van der Waals surface area contributed by atoms with Gasteiger partial charge in [0.1, 0.15) is 5.75 Å². The molecule has 2 aromatic rings. The van der Waals surface area contributed by atoms with E-state index in [2.05, 4.69) is 19.2 Å². The summed E-state index contributed by atoms with van der Waals surface area (Å²) < 4.78 is 5.73. The zero-order chi connectivity index (χ0) is 19.3. The Morgan fingerprint density at radius 2 is 1.69 bits per heavy atom. The number of amides is 1. The molecule has 1 N–H and O–H groups in total. The van der Waals surface area contributed by atoms with Crippen LogP contribution in [0.1, 0.15) is 61.5 Å². The number of rotatable bonds is 7. The fourth-order valence-electron chi connectivity index (χ4n) is 2.75. The highest BCUT2D eigenvalue weighted by Gasteiger charge is 2.18. The Hall–Kier alpha value is -2.62. The van der Waals surface area contributed by atoms with E-state index in [1.165, 1.54) is 0 Å². The van der Waals surface area contributed by atoms with Gasteiger partial charge in [-0.05, 0) is 55.2 Å². The lowest BCUT2D eigenvalue weighted by Crippen LogP contribution is -2.30. The number of nitrogens with one attached hydrogen (secondary N) is 1. The highest BCUT2D eigenvalue weighted by molar-refractivity contribution is 5.96. The van der Waals surface area contributed by atoms with E-state index in [0.717, 1.165) is 16.8 Å². The van der Waals surface area contributed by atoms with E-state index in [9.17, 15) is 9.59 Å². The van der Waals surface area contributed by atoms with Gasteiger partial charge >= 0.3 is 0 Å². The molecule has 4 heteroatoms. The molecule has 138 valence electrons. The number of benzene rings is 2. The molecule has 1 atom stereocenters. The van der Waals surface area contributed by atoms with Gasteiger partial charge in [0.2, 0.25) is 0 Å². The third kappa shape index (κ3) is 4.72. The molecule has 1 amide bonds. The average Bonchev–Trinajstić information content (AvgIpc) is 2.62. The van der Waals surface area contributed by atoms with Crippen LogP contribution in [0.2, 0.25) is 0 Å². The molecular weight excluding hydrogens is 326 g/mol. The maximum absolute atomic E-state index is 12.6. The Kier molecular flexibility index (Phi) is 6.56. The van der Waals surface area contributed by atoms with Crippen molar-refractivity contribution < 1.29 is 14.3 Å². The van der Waals surface area contributed by atoms with Gasteiger partial charge in [0.15, 0.2) is 11.9 Å². The number of ketones is 1. The highest BCUT2D eigenvalue weighted by Crippen LogP contribution is 2.27. The van der Waals surface area contributed by atoms with Crippen molar-refractivity contribution in [2.75, 3.05) is 5.32 Å². The van der Waals surface area contributed by atoms with Crippen molar-refractivity contribution in [1.29, 1.82) is 0 Å². The zero-order valence-electron chi connectivity index (χ0n) is 16.1. The van der Waals surface area contributed by atoms with E-state index in [0.29, 0.717) is 23.7 Å². The third-order valence-corrected chi connectivity index (χ3v) is 4.35. The van der Waals surface area contributed by atoms with E-state index < -0.39 is 6.10 Å². The monoisotopic (exact) mass is 353 g/mol. The van der Waals surface area contributed by atoms with Crippen LogP contribution in [-0.2, 0) is 4.79 Å². The molecule has 2 rings (SSSR count). The fourth-order valence-corrected chi connectivity index (χ4v) is 2.75. The van der Waals surface area contributed by atoms with Crippen LogP contribution >= 0.6 is 0 Å². The molecule has 0 spiro atoms. The summed E-state index contributed by atoms with van der Waals surface area (Å²) in [4.78, 5) is 24.2. The first kappa shape index (κ1) is 19.7. The minimum atomic E-state index is -0.651. The molecule has 2 aromatic carbocycles. The second-order valence-electron chi connectivity index (χ2n) is 6.74. The van der Waals surface area contributed by atoms with Crippen LogP contribution in [-0.4, -0.2) is 17.8 Å². The maximum atomic E-state index is 12.6. The first-order valence-electron chi connectivity index (χ1n) is 9.03. The van der Waals surface area contributed by atoms with Crippen LogP contribution in [0.15, 0.2) is 42.5 Å². The number of carbonyl (C=O) groups is 2. The first-order chi connectivity index (χ1) is 12.3. The van der Waals surface area contributed by atoms with Gasteiger partial charge in [0.05, 0.1) is 0 Å². The average molecular weight is 353 g/mol. The molecule has 0 bridgehead atoms. The number of para-hydroxylation sites is 1. The second-order valence-corrected chi connectivity index (χ2v) is 6.74. The SMILES string of the molecule is CCC(=O)c1ccc(O[C@@H](C)C(=O)Nc2c(C)cccc2C(C)C)cc1. The molecule has 26 heavy (non-hydrogen) atoms. The summed E-state index contributed by atoms with van der Waals surface area (Å²) in [5.74, 6) is 0.761. The number of hydrogen-bond acceptors (Lipinski definition) is 3. The Bertz CT molecular complexity index is 778. The normalized spacial score (nSPS) is 11.9. The molecule has 0 saturated carbocycles. The predicted octanol–water partition coefficient (Wildman–Crippen LogP) is 5.12. The largest absolute Gasteiger partial charge is 0.481 e. The molecule has 0 aliphatic heterocycles. The minimum Gasteiger partial charge on any atom is -0.481 e. The molecule has 0 fully saturated rings. The molecule has 0 aliphatic carbocycles. The van der Waals surface area contributed by atoms with Gasteiger partial charge < -0.3 is 10.1 Å². The summed E-state index contributed by atoms with van der Waals surface area (Å²) >= 11 is 0. The summed E-state index contributed by atoms with van der Waals surface area (Å²) in [6.45, 7) is 9.73. The number of ether oxygens (including phenoxy) is 1. The van der Waals surface area contributed by atoms with E-state index in [1.54, 1.807) is 31.2 Å². The van der Waals surface area contributed by atoms with Gasteiger partial charge in [-0.1, -0.05) is 39.0 Å². The van der Waals surface area contributed by atoms with Gasteiger partial charge in [-0.2, -0.15) is 0 Å². The van der Waals surface area contributed by atoms with Gasteiger partial charge in [-0.25, -0.2) is 0 Å². The number of Topliss-reactive ketones (excluding diaryl/α,β-unsaturated/α-hetero) is 1. The number of carbonyl (C=O) groups excluding carboxylic acids is 2. The Morgan fingerprint density at radius 1 is 1.04 bits per heavy atom. The van der Waals surface area contributed by atoms with E-state index in [-0.39, 0.29) is 11.7 Å². The van der Waals surface area contributed by atoms with Crippen molar-refractivity contribution >= 4 is 17.4 Å². The van der Waals surface area contributed by atoms with E-state index in [1.807, 2.05) is 32.0 Å². The van der Waals surface area contributed by atoms with Crippen LogP contribution in [0, 0.1) is 6.92 Å². The van der Waals surface area contributed by atoms with Crippen LogP contribution in [0.4, 0.5) is 5.69 Å². The van der Waals surface area contributed by atoms with Crippen molar-refractivity contribution in [2.24, 2.45) is 0 Å². The molecule has 0 aromatic heterocycles. The molecule has 0 aliphatic rings. The van der Waals surface area contributed by atoms with Crippen molar-refractivity contribution in [3.63, 3.8) is 0 Å². The molecule has 0 heterocycles. The second kappa shape index (κ2) is 8.65. The van der Waals surface area contributed by atoms with Crippen LogP contribution in [0.5, 0.6) is 5.75 Å².